The van der Waals surface area contributed by atoms with Gasteiger partial charge in [-0.2, -0.15) is 0 Å². The fourth-order valence-corrected chi connectivity index (χ4v) is 1.13. The number of benzene rings is 1. The molecule has 0 saturated carbocycles. The summed E-state index contributed by atoms with van der Waals surface area (Å²) in [5.41, 5.74) is 1.52. The Kier molecular flexibility index (Phi) is 2.00. The van der Waals surface area contributed by atoms with Gasteiger partial charge < -0.3 is 9.63 Å². The van der Waals surface area contributed by atoms with Crippen LogP contribution in [-0.2, 0) is 6.42 Å². The minimum Gasteiger partial charge on any atom is -0.508 e. The Morgan fingerprint density at radius 3 is 2.92 bits per heavy atom. The lowest BCUT2D eigenvalue weighted by molar-refractivity contribution is 0.412. The summed E-state index contributed by atoms with van der Waals surface area (Å²) in [4.78, 5) is 0. The summed E-state index contributed by atoms with van der Waals surface area (Å²) in [6.45, 7) is 0. The van der Waals surface area contributed by atoms with E-state index < -0.39 is 0 Å². The Balaban J connectivity index is 2.24. The molecule has 65 valence electrons. The minimum atomic E-state index is 0.277. The summed E-state index contributed by atoms with van der Waals surface area (Å²) in [6.07, 6.45) is 1.94. The Labute approximate surface area is 75.6 Å². The van der Waals surface area contributed by atoms with E-state index in [1.54, 1.807) is 12.1 Å². The van der Waals surface area contributed by atoms with Crippen molar-refractivity contribution in [2.24, 2.45) is 0 Å². The molecule has 0 aliphatic carbocycles. The fraction of sp³-hybridized carbons (Fsp3) is 0.100. The molecule has 3 heteroatoms. The highest BCUT2D eigenvalue weighted by atomic mass is 16.5. The zero-order valence-electron chi connectivity index (χ0n) is 6.90. The van der Waals surface area contributed by atoms with E-state index in [0.29, 0.717) is 12.1 Å². The van der Waals surface area contributed by atoms with Crippen LogP contribution in [-0.4, -0.2) is 10.3 Å². The maximum atomic E-state index is 9.44. The van der Waals surface area contributed by atoms with Crippen LogP contribution < -0.4 is 0 Å². The van der Waals surface area contributed by atoms with Crippen molar-refractivity contribution in [1.29, 1.82) is 0 Å². The van der Waals surface area contributed by atoms with Gasteiger partial charge in [0, 0.05) is 6.42 Å². The van der Waals surface area contributed by atoms with E-state index in [9.17, 15) is 5.11 Å². The number of hydrogen-bond acceptors (Lipinski definition) is 3. The van der Waals surface area contributed by atoms with Crippen molar-refractivity contribution in [3.05, 3.63) is 47.9 Å². The molecule has 0 bridgehead atoms. The molecule has 0 aliphatic heterocycles. The molecule has 1 aromatic heterocycles. The molecular formula is C10H8NO2. The van der Waals surface area contributed by atoms with Gasteiger partial charge in [-0.1, -0.05) is 23.4 Å². The summed E-state index contributed by atoms with van der Waals surface area (Å²) >= 11 is 0. The zero-order valence-corrected chi connectivity index (χ0v) is 6.90. The predicted octanol–water partition coefficient (Wildman–Crippen LogP) is 1.77. The molecule has 1 radical (unpaired) electrons. The van der Waals surface area contributed by atoms with Crippen LogP contribution in [0.2, 0.25) is 0 Å². The molecule has 2 aromatic rings. The second-order valence-electron chi connectivity index (χ2n) is 2.71. The molecule has 0 atom stereocenters. The summed E-state index contributed by atoms with van der Waals surface area (Å²) in [6, 6.07) is 9.97. The summed E-state index contributed by atoms with van der Waals surface area (Å²) in [5.74, 6) is 0.277. The topological polar surface area (TPSA) is 46.3 Å². The first-order valence-corrected chi connectivity index (χ1v) is 3.94. The van der Waals surface area contributed by atoms with E-state index in [-0.39, 0.29) is 5.75 Å². The number of phenolic OH excluding ortho intramolecular Hbond substituents is 1. The van der Waals surface area contributed by atoms with Crippen molar-refractivity contribution < 1.29 is 9.63 Å². The summed E-state index contributed by atoms with van der Waals surface area (Å²) in [7, 11) is 0. The Morgan fingerprint density at radius 1 is 1.38 bits per heavy atom. The van der Waals surface area contributed by atoms with E-state index >= 15 is 0 Å². The van der Waals surface area contributed by atoms with Crippen LogP contribution in [0.25, 0.3) is 0 Å². The Morgan fingerprint density at radius 2 is 2.23 bits per heavy atom. The van der Waals surface area contributed by atoms with Gasteiger partial charge in [0.2, 0.25) is 0 Å². The van der Waals surface area contributed by atoms with Gasteiger partial charge in [-0.3, -0.25) is 0 Å². The van der Waals surface area contributed by atoms with Gasteiger partial charge in [0.15, 0.2) is 0 Å². The van der Waals surface area contributed by atoms with E-state index in [1.165, 1.54) is 6.26 Å². The molecule has 0 unspecified atom stereocenters. The van der Waals surface area contributed by atoms with Crippen molar-refractivity contribution in [3.63, 3.8) is 0 Å². The lowest BCUT2D eigenvalue weighted by Gasteiger charge is -1.99. The number of phenols is 1. The molecule has 1 N–H and O–H groups in total. The number of rotatable bonds is 2. The average Bonchev–Trinajstić information content (AvgIpc) is 2.61. The first-order chi connectivity index (χ1) is 6.36. The molecule has 0 amide bonds. The van der Waals surface area contributed by atoms with Crippen molar-refractivity contribution in [3.8, 4) is 5.75 Å². The highest BCUT2D eigenvalue weighted by Gasteiger charge is 2.03. The smallest absolute Gasteiger partial charge is 0.132 e. The van der Waals surface area contributed by atoms with Crippen molar-refractivity contribution in [2.75, 3.05) is 0 Å². The molecule has 13 heavy (non-hydrogen) atoms. The lowest BCUT2D eigenvalue weighted by atomic mass is 10.1. The molecular weight excluding hydrogens is 166 g/mol. The van der Waals surface area contributed by atoms with E-state index in [0.717, 1.165) is 5.56 Å². The number of hydrogen-bond donors (Lipinski definition) is 1. The lowest BCUT2D eigenvalue weighted by Crippen LogP contribution is -1.88. The van der Waals surface area contributed by atoms with Gasteiger partial charge in [0.1, 0.15) is 12.0 Å². The third-order valence-electron chi connectivity index (χ3n) is 1.79. The molecule has 2 rings (SSSR count). The second-order valence-corrected chi connectivity index (χ2v) is 2.71. The molecule has 0 fully saturated rings. The fourth-order valence-electron chi connectivity index (χ4n) is 1.13. The normalized spacial score (nSPS) is 10.2. The standard InChI is InChI=1S/C10H8NO2/c12-10-4-2-1-3-8(10)7-9-5-6-13-11-9/h1-4,6,12H,7H2. The molecule has 1 aromatic carbocycles. The Hall–Kier alpha value is -1.77. The summed E-state index contributed by atoms with van der Waals surface area (Å²) < 4.78 is 4.64. The van der Waals surface area contributed by atoms with Crippen LogP contribution in [0, 0.1) is 6.07 Å². The van der Waals surface area contributed by atoms with Crippen molar-refractivity contribution >= 4 is 0 Å². The van der Waals surface area contributed by atoms with Crippen LogP contribution in [0.4, 0.5) is 0 Å². The minimum absolute atomic E-state index is 0.277. The van der Waals surface area contributed by atoms with Crippen LogP contribution in [0.15, 0.2) is 35.1 Å². The zero-order chi connectivity index (χ0) is 9.10. The van der Waals surface area contributed by atoms with Gasteiger partial charge in [-0.05, 0) is 11.6 Å². The Bertz CT molecular complexity index is 382. The number of nitrogens with zero attached hydrogens (tertiary/aromatic N) is 1. The van der Waals surface area contributed by atoms with Gasteiger partial charge in [0.25, 0.3) is 0 Å². The van der Waals surface area contributed by atoms with Crippen molar-refractivity contribution in [1.82, 2.24) is 5.16 Å². The second kappa shape index (κ2) is 3.31. The van der Waals surface area contributed by atoms with Gasteiger partial charge in [-0.25, -0.2) is 0 Å². The molecule has 0 saturated heterocycles. The predicted molar refractivity (Wildman–Crippen MR) is 46.3 cm³/mol. The molecule has 0 spiro atoms. The highest BCUT2D eigenvalue weighted by Crippen LogP contribution is 2.18. The van der Waals surface area contributed by atoms with E-state index in [1.807, 2.05) is 12.1 Å². The van der Waals surface area contributed by atoms with Crippen LogP contribution in [0.5, 0.6) is 5.75 Å². The number of aromatic hydroxyl groups is 1. The van der Waals surface area contributed by atoms with Gasteiger partial charge >= 0.3 is 0 Å². The van der Waals surface area contributed by atoms with E-state index in [4.69, 9.17) is 0 Å². The quantitative estimate of drug-likeness (QED) is 0.754. The molecule has 0 aliphatic rings. The average molecular weight is 174 g/mol. The van der Waals surface area contributed by atoms with Crippen LogP contribution in [0.3, 0.4) is 0 Å². The highest BCUT2D eigenvalue weighted by molar-refractivity contribution is 5.34. The van der Waals surface area contributed by atoms with E-state index in [2.05, 4.69) is 15.7 Å². The third-order valence-corrected chi connectivity index (χ3v) is 1.79. The molecule has 1 heterocycles. The maximum Gasteiger partial charge on any atom is 0.132 e. The largest absolute Gasteiger partial charge is 0.508 e. The first-order valence-electron chi connectivity index (χ1n) is 3.94. The van der Waals surface area contributed by atoms with Crippen LogP contribution >= 0.6 is 0 Å². The van der Waals surface area contributed by atoms with Gasteiger partial charge in [-0.15, -0.1) is 0 Å². The molecule has 3 nitrogen and oxygen atoms in total. The van der Waals surface area contributed by atoms with Gasteiger partial charge in [0.05, 0.1) is 11.8 Å². The first kappa shape index (κ1) is 7.86. The van der Waals surface area contributed by atoms with Crippen molar-refractivity contribution in [2.45, 2.75) is 6.42 Å². The summed E-state index contributed by atoms with van der Waals surface area (Å²) in [5, 5.41) is 13.1. The van der Waals surface area contributed by atoms with Crippen LogP contribution in [0.1, 0.15) is 11.3 Å². The maximum absolute atomic E-state index is 9.44. The number of para-hydroxylation sites is 1. The number of aromatic nitrogens is 1. The monoisotopic (exact) mass is 174 g/mol. The third kappa shape index (κ3) is 1.69. The SMILES string of the molecule is Oc1ccccc1Cc1[c]con1.